The fraction of sp³-hybridized carbons (Fsp3) is 0.136. The minimum atomic E-state index is -3.74. The fourth-order valence-electron chi connectivity index (χ4n) is 3.61. The predicted octanol–water partition coefficient (Wildman–Crippen LogP) is 4.05. The largest absolute Gasteiger partial charge is 0.493 e. The molecule has 2 aromatic heterocycles. The molecule has 2 aromatic carbocycles. The summed E-state index contributed by atoms with van der Waals surface area (Å²) in [7, 11) is -3.74. The molecular weight excluding hydrogens is 386 g/mol. The van der Waals surface area contributed by atoms with Crippen molar-refractivity contribution in [3.05, 3.63) is 78.1 Å². The lowest BCUT2D eigenvalue weighted by Gasteiger charge is -2.12. The fourth-order valence-corrected chi connectivity index (χ4v) is 4.74. The molecule has 0 aliphatic carbocycles. The van der Waals surface area contributed by atoms with Crippen LogP contribution in [0.25, 0.3) is 16.9 Å². The average Bonchev–Trinajstić information content (AvgIpc) is 3.35. The van der Waals surface area contributed by atoms with Crippen molar-refractivity contribution in [2.24, 2.45) is 0 Å². The van der Waals surface area contributed by atoms with Crippen LogP contribution in [0.3, 0.4) is 0 Å². The third kappa shape index (κ3) is 3.13. The Morgan fingerprint density at radius 3 is 2.83 bits per heavy atom. The molecule has 0 bridgehead atoms. The number of aryl methyl sites for hydroxylation is 1. The summed E-state index contributed by atoms with van der Waals surface area (Å²) in [5, 5.41) is 0. The number of sulfonamides is 1. The molecule has 4 aromatic rings. The smallest absolute Gasteiger partial charge is 0.261 e. The number of fused-ring (bicyclic) bond motifs is 2. The van der Waals surface area contributed by atoms with Gasteiger partial charge < -0.3 is 9.14 Å². The number of ether oxygens (including phenoxy) is 1. The van der Waals surface area contributed by atoms with E-state index >= 15 is 0 Å². The summed E-state index contributed by atoms with van der Waals surface area (Å²) in [4.78, 5) is 4.93. The number of nitrogens with zero attached hydrogens (tertiary/aromatic N) is 2. The molecule has 3 heterocycles. The summed E-state index contributed by atoms with van der Waals surface area (Å²) in [5.74, 6) is 0.754. The number of hydrogen-bond donors (Lipinski definition) is 1. The van der Waals surface area contributed by atoms with Crippen LogP contribution in [-0.2, 0) is 16.4 Å². The Kier molecular flexibility index (Phi) is 4.06. The molecule has 0 saturated carbocycles. The Bertz CT molecular complexity index is 1340. The number of benzene rings is 2. The van der Waals surface area contributed by atoms with E-state index < -0.39 is 10.0 Å². The van der Waals surface area contributed by atoms with E-state index in [9.17, 15) is 8.42 Å². The third-order valence-corrected chi connectivity index (χ3v) is 6.46. The summed E-state index contributed by atoms with van der Waals surface area (Å²) in [6.45, 7) is 2.58. The molecule has 5 rings (SSSR count). The van der Waals surface area contributed by atoms with E-state index in [4.69, 9.17) is 9.72 Å². The Morgan fingerprint density at radius 1 is 1.10 bits per heavy atom. The van der Waals surface area contributed by atoms with Crippen LogP contribution in [0.5, 0.6) is 5.75 Å². The van der Waals surface area contributed by atoms with E-state index in [2.05, 4.69) is 4.72 Å². The zero-order chi connectivity index (χ0) is 20.0. The zero-order valence-corrected chi connectivity index (χ0v) is 16.6. The van der Waals surface area contributed by atoms with Gasteiger partial charge in [0, 0.05) is 24.4 Å². The first-order valence-corrected chi connectivity index (χ1v) is 10.8. The van der Waals surface area contributed by atoms with Crippen molar-refractivity contribution in [3.8, 4) is 17.0 Å². The molecule has 6 nitrogen and oxygen atoms in total. The van der Waals surface area contributed by atoms with E-state index in [0.717, 1.165) is 34.5 Å². The number of para-hydroxylation sites is 1. The van der Waals surface area contributed by atoms with E-state index in [1.54, 1.807) is 30.3 Å². The lowest BCUT2D eigenvalue weighted by Crippen LogP contribution is -2.13. The Hall–Kier alpha value is -3.32. The van der Waals surface area contributed by atoms with Crippen LogP contribution in [-0.4, -0.2) is 24.4 Å². The lowest BCUT2D eigenvalue weighted by molar-refractivity contribution is 0.356. The third-order valence-electron chi connectivity index (χ3n) is 5.10. The second kappa shape index (κ2) is 6.63. The molecular formula is C22H19N3O3S. The molecule has 1 N–H and O–H groups in total. The quantitative estimate of drug-likeness (QED) is 0.556. The van der Waals surface area contributed by atoms with Crippen LogP contribution in [0.2, 0.25) is 0 Å². The van der Waals surface area contributed by atoms with Gasteiger partial charge in [-0.1, -0.05) is 24.3 Å². The maximum Gasteiger partial charge on any atom is 0.261 e. The number of hydrogen-bond acceptors (Lipinski definition) is 4. The van der Waals surface area contributed by atoms with E-state index in [1.807, 2.05) is 48.0 Å². The highest BCUT2D eigenvalue weighted by Crippen LogP contribution is 2.32. The second-order valence-electron chi connectivity index (χ2n) is 7.07. The van der Waals surface area contributed by atoms with Crippen molar-refractivity contribution >= 4 is 21.4 Å². The maximum absolute atomic E-state index is 13.0. The molecule has 0 spiro atoms. The van der Waals surface area contributed by atoms with Crippen molar-refractivity contribution in [1.29, 1.82) is 0 Å². The van der Waals surface area contributed by atoms with Crippen LogP contribution < -0.4 is 9.46 Å². The van der Waals surface area contributed by atoms with Crippen LogP contribution in [0.15, 0.2) is 71.9 Å². The molecule has 146 valence electrons. The van der Waals surface area contributed by atoms with E-state index in [0.29, 0.717) is 18.0 Å². The van der Waals surface area contributed by atoms with Crippen molar-refractivity contribution < 1.29 is 13.2 Å². The van der Waals surface area contributed by atoms with Gasteiger partial charge in [0.15, 0.2) is 0 Å². The monoisotopic (exact) mass is 405 g/mol. The molecule has 0 radical (unpaired) electrons. The highest BCUT2D eigenvalue weighted by Gasteiger charge is 2.21. The molecule has 7 heteroatoms. The first kappa shape index (κ1) is 17.8. The lowest BCUT2D eigenvalue weighted by atomic mass is 10.1. The van der Waals surface area contributed by atoms with Crippen molar-refractivity contribution in [3.63, 3.8) is 0 Å². The van der Waals surface area contributed by atoms with Crippen molar-refractivity contribution in [1.82, 2.24) is 9.38 Å². The van der Waals surface area contributed by atoms with Gasteiger partial charge in [-0.05, 0) is 48.4 Å². The molecule has 1 aliphatic heterocycles. The summed E-state index contributed by atoms with van der Waals surface area (Å²) in [6.07, 6.45) is 4.55. The zero-order valence-electron chi connectivity index (χ0n) is 15.8. The topological polar surface area (TPSA) is 72.7 Å². The van der Waals surface area contributed by atoms with Crippen LogP contribution in [0.1, 0.15) is 11.1 Å². The predicted molar refractivity (Wildman–Crippen MR) is 112 cm³/mol. The van der Waals surface area contributed by atoms with Gasteiger partial charge >= 0.3 is 0 Å². The van der Waals surface area contributed by atoms with Gasteiger partial charge in [0.05, 0.1) is 22.9 Å². The van der Waals surface area contributed by atoms with Gasteiger partial charge in [0.25, 0.3) is 10.0 Å². The number of anilines is 1. The first-order valence-electron chi connectivity index (χ1n) is 9.33. The summed E-state index contributed by atoms with van der Waals surface area (Å²) < 4.78 is 36.2. The number of aromatic nitrogens is 2. The average molecular weight is 405 g/mol. The highest BCUT2D eigenvalue weighted by molar-refractivity contribution is 7.92. The van der Waals surface area contributed by atoms with Crippen LogP contribution in [0, 0.1) is 6.92 Å². The van der Waals surface area contributed by atoms with Gasteiger partial charge in [0.1, 0.15) is 11.4 Å². The van der Waals surface area contributed by atoms with Crippen molar-refractivity contribution in [2.75, 3.05) is 11.3 Å². The van der Waals surface area contributed by atoms with Gasteiger partial charge in [-0.25, -0.2) is 13.4 Å². The van der Waals surface area contributed by atoms with Gasteiger partial charge in [-0.2, -0.15) is 0 Å². The van der Waals surface area contributed by atoms with E-state index in [1.165, 1.54) is 0 Å². The molecule has 0 saturated heterocycles. The van der Waals surface area contributed by atoms with Crippen LogP contribution >= 0.6 is 0 Å². The molecule has 0 atom stereocenters. The highest BCUT2D eigenvalue weighted by atomic mass is 32.2. The molecule has 1 aliphatic rings. The number of nitrogens with one attached hydrogen (secondary N) is 1. The number of rotatable bonds is 4. The molecule has 29 heavy (non-hydrogen) atoms. The van der Waals surface area contributed by atoms with Gasteiger partial charge in [-0.3, -0.25) is 4.72 Å². The Labute approximate surface area is 168 Å². The van der Waals surface area contributed by atoms with Gasteiger partial charge in [0.2, 0.25) is 0 Å². The standard InChI is InChI=1S/C22H19N3O3S/c1-15-5-4-11-25-14-20(23-22(15)25)18-6-2-3-7-19(18)24-29(26,27)17-8-9-21-16(13-17)10-12-28-21/h2-9,11,13-14,24H,10,12H2,1H3. The summed E-state index contributed by atoms with van der Waals surface area (Å²) in [5.41, 5.74) is 4.74. The minimum Gasteiger partial charge on any atom is -0.493 e. The molecule has 0 fully saturated rings. The first-order chi connectivity index (χ1) is 14.0. The Balaban J connectivity index is 1.54. The summed E-state index contributed by atoms with van der Waals surface area (Å²) >= 11 is 0. The van der Waals surface area contributed by atoms with Gasteiger partial charge in [-0.15, -0.1) is 0 Å². The maximum atomic E-state index is 13.0. The number of imidazole rings is 1. The summed E-state index contributed by atoms with van der Waals surface area (Å²) in [6, 6.07) is 16.2. The molecule has 0 amide bonds. The second-order valence-corrected chi connectivity index (χ2v) is 8.75. The number of pyridine rings is 1. The SMILES string of the molecule is Cc1cccn2cc(-c3ccccc3NS(=O)(=O)c3ccc4c(c3)CCO4)nc12. The minimum absolute atomic E-state index is 0.224. The normalized spacial score (nSPS) is 13.3. The van der Waals surface area contributed by atoms with E-state index in [-0.39, 0.29) is 4.90 Å². The van der Waals surface area contributed by atoms with Crippen molar-refractivity contribution in [2.45, 2.75) is 18.2 Å². The molecule has 0 unspecified atom stereocenters. The Morgan fingerprint density at radius 2 is 1.97 bits per heavy atom. The van der Waals surface area contributed by atoms with Crippen LogP contribution in [0.4, 0.5) is 5.69 Å².